The van der Waals surface area contributed by atoms with Gasteiger partial charge < -0.3 is 4.74 Å². The molecule has 1 heteroatoms. The van der Waals surface area contributed by atoms with Crippen LogP contribution in [0.2, 0.25) is 0 Å². The Kier molecular flexibility index (Phi) is 174. The first-order chi connectivity index (χ1) is 28.6. The van der Waals surface area contributed by atoms with Gasteiger partial charge >= 0.3 is 0 Å². The molecule has 0 amide bonds. The molecule has 0 saturated heterocycles. The van der Waals surface area contributed by atoms with Gasteiger partial charge in [0.2, 0.25) is 0 Å². The van der Waals surface area contributed by atoms with Crippen molar-refractivity contribution in [3.63, 3.8) is 0 Å². The van der Waals surface area contributed by atoms with Crippen LogP contribution in [0.4, 0.5) is 0 Å². The Morgan fingerprint density at radius 2 is 0.203 bits per heavy atom. The molecular weight excluding hydrogens is 713 g/mol. The van der Waals surface area contributed by atoms with Crippen LogP contribution in [0, 0.1) is 0 Å². The van der Waals surface area contributed by atoms with Crippen LogP contribution in [0.3, 0.4) is 0 Å². The zero-order valence-electron chi connectivity index (χ0n) is 47.3. The molecule has 0 aliphatic carbocycles. The second kappa shape index (κ2) is 124. The highest BCUT2D eigenvalue weighted by molar-refractivity contribution is 4.35. The predicted octanol–water partition coefficient (Wildman–Crippen LogP) is 24.3. The van der Waals surface area contributed by atoms with Crippen LogP contribution in [0.15, 0.2) is 0 Å². The highest BCUT2D eigenvalue weighted by atomic mass is 16.5. The number of unbranched alkanes of at least 4 members (excludes halogenated alkanes) is 27. The first kappa shape index (κ1) is 82.6. The molecule has 0 atom stereocenters. The molecule has 0 fully saturated rings. The molecule has 374 valence electrons. The lowest BCUT2D eigenvalue weighted by Crippen LogP contribution is -1.84. The summed E-state index contributed by atoms with van der Waals surface area (Å²) < 4.78 is 4.83. The van der Waals surface area contributed by atoms with Crippen molar-refractivity contribution in [1.29, 1.82) is 0 Å². The van der Waals surface area contributed by atoms with Crippen molar-refractivity contribution in [3.05, 3.63) is 0 Å². The van der Waals surface area contributed by atoms with Crippen molar-refractivity contribution < 1.29 is 4.74 Å². The first-order valence-electron chi connectivity index (χ1n) is 28.2. The fourth-order valence-corrected chi connectivity index (χ4v) is 4.70. The van der Waals surface area contributed by atoms with Gasteiger partial charge in [0, 0.05) is 13.2 Å². The van der Waals surface area contributed by atoms with E-state index in [9.17, 15) is 0 Å². The zero-order valence-corrected chi connectivity index (χ0v) is 47.3. The Balaban J connectivity index is -0.0000000565. The molecule has 0 rings (SSSR count). The van der Waals surface area contributed by atoms with Gasteiger partial charge in [0.05, 0.1) is 0 Å². The van der Waals surface area contributed by atoms with Crippen molar-refractivity contribution >= 4 is 0 Å². The lowest BCUT2D eigenvalue weighted by Gasteiger charge is -1.86. The van der Waals surface area contributed by atoms with Crippen molar-refractivity contribution in [2.24, 2.45) is 0 Å². The minimum atomic E-state index is 0.844. The quantitative estimate of drug-likeness (QED) is 0.0682. The van der Waals surface area contributed by atoms with E-state index in [0.29, 0.717) is 0 Å². The molecule has 0 aliphatic rings. The third kappa shape index (κ3) is 216. The Hall–Kier alpha value is -0.0400. The van der Waals surface area contributed by atoms with Gasteiger partial charge in [0.15, 0.2) is 0 Å². The van der Waals surface area contributed by atoms with Crippen LogP contribution >= 0.6 is 0 Å². The summed E-state index contributed by atoms with van der Waals surface area (Å²) in [5, 5.41) is 0. The maximum absolute atomic E-state index is 4.83. The van der Waals surface area contributed by atoms with Crippen molar-refractivity contribution in [1.82, 2.24) is 0 Å². The predicted molar refractivity (Wildman–Crippen MR) is 291 cm³/mol. The number of rotatable bonds is 29. The molecule has 0 radical (unpaired) electrons. The topological polar surface area (TPSA) is 9.23 Å². The summed E-state index contributed by atoms with van der Waals surface area (Å²) in [6.45, 7) is 45.8. The SMILES string of the molecule is CCCCCC.CCCCCC.CCCCCC.CCCCCC.CCCCCC.CCCCCC.CCCCCC.CCCCCC.CCCCCC.CCOCC. The van der Waals surface area contributed by atoms with Gasteiger partial charge in [-0.2, -0.15) is 0 Å². The second-order valence-electron chi connectivity index (χ2n) is 16.1. The Labute approximate surface area is 386 Å². The van der Waals surface area contributed by atoms with Gasteiger partial charge in [0.1, 0.15) is 0 Å². The Morgan fingerprint density at radius 1 is 0.136 bits per heavy atom. The summed E-state index contributed by atoms with van der Waals surface area (Å²) in [7, 11) is 0. The highest BCUT2D eigenvalue weighted by Crippen LogP contribution is 1.99. The first-order valence-corrected chi connectivity index (χ1v) is 28.2. The standard InChI is InChI=1S/9C6H14.C4H10O/c9*1-3-5-6-4-2;1-3-5-4-2/h9*3-6H2,1-2H3;3-4H2,1-2H3. The van der Waals surface area contributed by atoms with E-state index in [4.69, 9.17) is 4.74 Å². The van der Waals surface area contributed by atoms with Crippen molar-refractivity contribution in [3.8, 4) is 0 Å². The third-order valence-electron chi connectivity index (χ3n) is 9.02. The molecule has 0 aromatic carbocycles. The van der Waals surface area contributed by atoms with Crippen LogP contribution in [-0.2, 0) is 4.74 Å². The van der Waals surface area contributed by atoms with Gasteiger partial charge in [-0.25, -0.2) is 0 Å². The molecule has 0 spiro atoms. The lowest BCUT2D eigenvalue weighted by molar-refractivity contribution is 0.162. The molecule has 0 heterocycles. The molecule has 0 aromatic heterocycles. The van der Waals surface area contributed by atoms with E-state index in [0.717, 1.165) is 13.2 Å². The number of ether oxygens (including phenoxy) is 1. The van der Waals surface area contributed by atoms with Crippen LogP contribution in [0.1, 0.15) is 370 Å². The van der Waals surface area contributed by atoms with E-state index in [2.05, 4.69) is 125 Å². The molecule has 1 nitrogen and oxygen atoms in total. The molecule has 0 bridgehead atoms. The van der Waals surface area contributed by atoms with Gasteiger partial charge in [0.25, 0.3) is 0 Å². The average Bonchev–Trinajstić information content (AvgIpc) is 3.27. The minimum Gasteiger partial charge on any atom is -0.382 e. The number of hydrogen-bond acceptors (Lipinski definition) is 1. The second-order valence-corrected chi connectivity index (χ2v) is 16.1. The van der Waals surface area contributed by atoms with E-state index in [-0.39, 0.29) is 0 Å². The maximum Gasteiger partial charge on any atom is 0.0437 e. The molecule has 59 heavy (non-hydrogen) atoms. The monoisotopic (exact) mass is 849 g/mol. The van der Waals surface area contributed by atoms with E-state index in [1.165, 1.54) is 231 Å². The van der Waals surface area contributed by atoms with Gasteiger partial charge in [-0.15, -0.1) is 0 Å². The molecule has 0 aromatic rings. The van der Waals surface area contributed by atoms with Gasteiger partial charge in [-0.05, 0) is 13.8 Å². The summed E-state index contributed by atoms with van der Waals surface area (Å²) in [5.74, 6) is 0. The van der Waals surface area contributed by atoms with Gasteiger partial charge in [-0.3, -0.25) is 0 Å². The number of hydrogen-bond donors (Lipinski definition) is 0. The van der Waals surface area contributed by atoms with Crippen molar-refractivity contribution in [2.45, 2.75) is 370 Å². The lowest BCUT2D eigenvalue weighted by atomic mass is 10.2. The van der Waals surface area contributed by atoms with E-state index < -0.39 is 0 Å². The fraction of sp³-hybridized carbons (Fsp3) is 1.00. The molecule has 0 saturated carbocycles. The van der Waals surface area contributed by atoms with Crippen LogP contribution in [0.25, 0.3) is 0 Å². The average molecular weight is 850 g/mol. The summed E-state index contributed by atoms with van der Waals surface area (Å²) in [6, 6.07) is 0. The van der Waals surface area contributed by atoms with E-state index in [1.807, 2.05) is 13.8 Å². The molecule has 0 aliphatic heterocycles. The Bertz CT molecular complexity index is 267. The minimum absolute atomic E-state index is 0.844. The fourth-order valence-electron chi connectivity index (χ4n) is 4.70. The largest absolute Gasteiger partial charge is 0.382 e. The van der Waals surface area contributed by atoms with Crippen molar-refractivity contribution in [2.75, 3.05) is 13.2 Å². The summed E-state index contributed by atoms with van der Waals surface area (Å²) in [5.41, 5.74) is 0. The maximum atomic E-state index is 4.83. The van der Waals surface area contributed by atoms with E-state index in [1.54, 1.807) is 0 Å². The summed E-state index contributed by atoms with van der Waals surface area (Å²) in [4.78, 5) is 0. The van der Waals surface area contributed by atoms with Crippen LogP contribution < -0.4 is 0 Å². The smallest absolute Gasteiger partial charge is 0.0437 e. The molecular formula is C58H136O. The van der Waals surface area contributed by atoms with Gasteiger partial charge in [-0.1, -0.05) is 356 Å². The molecule has 0 N–H and O–H groups in total. The third-order valence-corrected chi connectivity index (χ3v) is 9.02. The normalized spacial score (nSPS) is 8.95. The summed E-state index contributed by atoms with van der Waals surface area (Å²) >= 11 is 0. The highest BCUT2D eigenvalue weighted by Gasteiger charge is 1.79. The molecule has 0 unspecified atom stereocenters. The summed E-state index contributed by atoms with van der Waals surface area (Å²) in [6.07, 6.45) is 49.8. The van der Waals surface area contributed by atoms with Crippen LogP contribution in [-0.4, -0.2) is 13.2 Å². The van der Waals surface area contributed by atoms with E-state index >= 15 is 0 Å². The Morgan fingerprint density at radius 3 is 0.220 bits per heavy atom. The zero-order chi connectivity index (χ0) is 47.6. The van der Waals surface area contributed by atoms with Crippen LogP contribution in [0.5, 0.6) is 0 Å².